The maximum atomic E-state index is 12.0. The molecule has 0 rings (SSSR count). The number of urea groups is 1. The predicted octanol–water partition coefficient (Wildman–Crippen LogP) is 1.49. The van der Waals surface area contributed by atoms with E-state index in [1.54, 1.807) is 16.7 Å². The first-order valence-electron chi connectivity index (χ1n) is 5.74. The van der Waals surface area contributed by atoms with E-state index in [2.05, 4.69) is 0 Å². The largest absolute Gasteiger partial charge is 0.481 e. The first-order valence-corrected chi connectivity index (χ1v) is 5.74. The van der Waals surface area contributed by atoms with Crippen molar-refractivity contribution < 1.29 is 14.7 Å². The second kappa shape index (κ2) is 7.09. The minimum Gasteiger partial charge on any atom is -0.481 e. The average molecular weight is 230 g/mol. The van der Waals surface area contributed by atoms with Crippen molar-refractivity contribution in [2.45, 2.75) is 27.7 Å². The topological polar surface area (TPSA) is 60.9 Å². The number of carboxylic acids is 1. The molecule has 2 amide bonds. The summed E-state index contributed by atoms with van der Waals surface area (Å²) in [5, 5.41) is 8.81. The van der Waals surface area contributed by atoms with Gasteiger partial charge in [0.25, 0.3) is 0 Å². The Hall–Kier alpha value is -1.26. The number of carbonyl (C=O) groups is 2. The normalized spacial score (nSPS) is 12.0. The molecule has 1 unspecified atom stereocenters. The first kappa shape index (κ1) is 14.7. The van der Waals surface area contributed by atoms with Crippen LogP contribution < -0.4 is 0 Å². The molecule has 0 saturated heterocycles. The molecule has 94 valence electrons. The lowest BCUT2D eigenvalue weighted by atomic mass is 10.2. The minimum absolute atomic E-state index is 0.0828. The van der Waals surface area contributed by atoms with Crippen LogP contribution in [0.5, 0.6) is 0 Å². The summed E-state index contributed by atoms with van der Waals surface area (Å²) in [6, 6.07) is -0.0828. The van der Waals surface area contributed by atoms with E-state index in [4.69, 9.17) is 5.11 Å². The Morgan fingerprint density at radius 2 is 1.50 bits per heavy atom. The van der Waals surface area contributed by atoms with Crippen LogP contribution in [0, 0.1) is 5.92 Å². The van der Waals surface area contributed by atoms with Crippen molar-refractivity contribution in [3.05, 3.63) is 0 Å². The van der Waals surface area contributed by atoms with Crippen LogP contribution in [0.25, 0.3) is 0 Å². The van der Waals surface area contributed by atoms with Crippen LogP contribution in [-0.2, 0) is 4.79 Å². The fourth-order valence-electron chi connectivity index (χ4n) is 1.45. The van der Waals surface area contributed by atoms with Crippen molar-refractivity contribution in [3.8, 4) is 0 Å². The number of aliphatic carboxylic acids is 1. The molecule has 5 nitrogen and oxygen atoms in total. The quantitative estimate of drug-likeness (QED) is 0.752. The smallest absolute Gasteiger partial charge is 0.319 e. The van der Waals surface area contributed by atoms with Crippen molar-refractivity contribution in [1.82, 2.24) is 9.80 Å². The Morgan fingerprint density at radius 3 is 1.81 bits per heavy atom. The Bertz CT molecular complexity index is 239. The first-order chi connectivity index (χ1) is 7.47. The number of carboxylic acid groups (broad SMARTS) is 1. The van der Waals surface area contributed by atoms with Crippen LogP contribution in [0.4, 0.5) is 4.79 Å². The molecule has 0 spiro atoms. The van der Waals surface area contributed by atoms with Gasteiger partial charge in [-0.25, -0.2) is 4.79 Å². The molecule has 0 saturated carbocycles. The highest BCUT2D eigenvalue weighted by molar-refractivity contribution is 5.76. The van der Waals surface area contributed by atoms with Crippen LogP contribution in [0.1, 0.15) is 27.7 Å². The highest BCUT2D eigenvalue weighted by atomic mass is 16.4. The van der Waals surface area contributed by atoms with Gasteiger partial charge < -0.3 is 14.9 Å². The van der Waals surface area contributed by atoms with Crippen molar-refractivity contribution in [2.75, 3.05) is 26.2 Å². The van der Waals surface area contributed by atoms with E-state index in [1.165, 1.54) is 0 Å². The van der Waals surface area contributed by atoms with Gasteiger partial charge in [-0.1, -0.05) is 6.92 Å². The lowest BCUT2D eigenvalue weighted by Crippen LogP contribution is -2.45. The van der Waals surface area contributed by atoms with E-state index in [-0.39, 0.29) is 12.6 Å². The van der Waals surface area contributed by atoms with Crippen molar-refractivity contribution in [2.24, 2.45) is 5.92 Å². The summed E-state index contributed by atoms with van der Waals surface area (Å²) in [7, 11) is 0. The molecular formula is C11H22N2O3. The Kier molecular flexibility index (Phi) is 6.53. The number of hydrogen-bond acceptors (Lipinski definition) is 2. The fraction of sp³-hybridized carbons (Fsp3) is 0.818. The van der Waals surface area contributed by atoms with E-state index < -0.39 is 11.9 Å². The predicted molar refractivity (Wildman–Crippen MR) is 62.4 cm³/mol. The van der Waals surface area contributed by atoms with Gasteiger partial charge in [-0.2, -0.15) is 0 Å². The number of hydrogen-bond donors (Lipinski definition) is 1. The third-order valence-electron chi connectivity index (χ3n) is 2.60. The summed E-state index contributed by atoms with van der Waals surface area (Å²) in [6.45, 7) is 9.39. The second-order valence-corrected chi connectivity index (χ2v) is 3.73. The van der Waals surface area contributed by atoms with Crippen LogP contribution in [0.3, 0.4) is 0 Å². The van der Waals surface area contributed by atoms with Crippen LogP contribution in [0.15, 0.2) is 0 Å². The van der Waals surface area contributed by atoms with Gasteiger partial charge in [0.1, 0.15) is 0 Å². The van der Waals surface area contributed by atoms with E-state index in [1.807, 2.05) is 20.8 Å². The molecule has 0 heterocycles. The summed E-state index contributed by atoms with van der Waals surface area (Å²) in [5.74, 6) is -1.40. The molecule has 5 heteroatoms. The third kappa shape index (κ3) is 4.08. The third-order valence-corrected chi connectivity index (χ3v) is 2.60. The van der Waals surface area contributed by atoms with Gasteiger partial charge >= 0.3 is 12.0 Å². The number of carbonyl (C=O) groups excluding carboxylic acids is 1. The van der Waals surface area contributed by atoms with Crippen molar-refractivity contribution in [1.29, 1.82) is 0 Å². The zero-order valence-corrected chi connectivity index (χ0v) is 10.6. The summed E-state index contributed by atoms with van der Waals surface area (Å²) < 4.78 is 0. The van der Waals surface area contributed by atoms with Crippen molar-refractivity contribution in [3.63, 3.8) is 0 Å². The molecule has 0 radical (unpaired) electrons. The zero-order valence-electron chi connectivity index (χ0n) is 10.6. The van der Waals surface area contributed by atoms with Crippen LogP contribution in [-0.4, -0.2) is 53.1 Å². The average Bonchev–Trinajstić information content (AvgIpc) is 2.26. The standard InChI is InChI=1S/C11H22N2O3/c1-5-12(6-2)11(16)13(7-3)8-9(4)10(14)15/h9H,5-8H2,1-4H3,(H,14,15). The highest BCUT2D eigenvalue weighted by Crippen LogP contribution is 2.04. The summed E-state index contributed by atoms with van der Waals surface area (Å²) >= 11 is 0. The molecule has 0 aliphatic rings. The Labute approximate surface area is 97.0 Å². The highest BCUT2D eigenvalue weighted by Gasteiger charge is 2.21. The Morgan fingerprint density at radius 1 is 1.06 bits per heavy atom. The number of amides is 2. The number of nitrogens with zero attached hydrogens (tertiary/aromatic N) is 2. The van der Waals surface area contributed by atoms with Gasteiger partial charge in [0.15, 0.2) is 0 Å². The van der Waals surface area contributed by atoms with Crippen molar-refractivity contribution >= 4 is 12.0 Å². The molecule has 16 heavy (non-hydrogen) atoms. The van der Waals surface area contributed by atoms with Crippen LogP contribution >= 0.6 is 0 Å². The monoisotopic (exact) mass is 230 g/mol. The lowest BCUT2D eigenvalue weighted by Gasteiger charge is -2.29. The molecule has 0 bridgehead atoms. The SMILES string of the molecule is CCN(CC)C(=O)N(CC)CC(C)C(=O)O. The maximum Gasteiger partial charge on any atom is 0.319 e. The fourth-order valence-corrected chi connectivity index (χ4v) is 1.45. The molecular weight excluding hydrogens is 208 g/mol. The van der Waals surface area contributed by atoms with Gasteiger partial charge in [0.2, 0.25) is 0 Å². The zero-order chi connectivity index (χ0) is 12.7. The van der Waals surface area contributed by atoms with Gasteiger partial charge in [0, 0.05) is 26.2 Å². The molecule has 0 aromatic heterocycles. The van der Waals surface area contributed by atoms with Gasteiger partial charge in [-0.15, -0.1) is 0 Å². The van der Waals surface area contributed by atoms with E-state index in [0.29, 0.717) is 19.6 Å². The van der Waals surface area contributed by atoms with E-state index in [0.717, 1.165) is 0 Å². The summed E-state index contributed by atoms with van der Waals surface area (Å²) in [5.41, 5.74) is 0. The van der Waals surface area contributed by atoms with E-state index >= 15 is 0 Å². The molecule has 0 aromatic rings. The van der Waals surface area contributed by atoms with E-state index in [9.17, 15) is 9.59 Å². The number of rotatable bonds is 6. The molecule has 1 atom stereocenters. The van der Waals surface area contributed by atoms with Crippen LogP contribution in [0.2, 0.25) is 0 Å². The second-order valence-electron chi connectivity index (χ2n) is 3.73. The Balaban J connectivity index is 4.48. The minimum atomic E-state index is -0.870. The molecule has 0 fully saturated rings. The maximum absolute atomic E-state index is 12.0. The lowest BCUT2D eigenvalue weighted by molar-refractivity contribution is -0.141. The molecule has 1 N–H and O–H groups in total. The van der Waals surface area contributed by atoms with Gasteiger partial charge in [-0.05, 0) is 20.8 Å². The summed E-state index contributed by atoms with van der Waals surface area (Å²) in [4.78, 5) is 26.0. The van der Waals surface area contributed by atoms with Gasteiger partial charge in [0.05, 0.1) is 5.92 Å². The molecule has 0 aromatic carbocycles. The summed E-state index contributed by atoms with van der Waals surface area (Å²) in [6.07, 6.45) is 0. The van der Waals surface area contributed by atoms with Gasteiger partial charge in [-0.3, -0.25) is 4.79 Å². The molecule has 0 aliphatic heterocycles. The molecule has 0 aliphatic carbocycles.